The minimum atomic E-state index is -4.75. The number of hydrogen-bond acceptors (Lipinski definition) is 3. The minimum Gasteiger partial charge on any atom is -0.326 e. The van der Waals surface area contributed by atoms with Gasteiger partial charge in [0, 0.05) is 12.2 Å². The molecule has 0 saturated carbocycles. The highest BCUT2D eigenvalue weighted by atomic mass is 19.4. The number of hydrogen-bond donors (Lipinski definition) is 2. The third kappa shape index (κ3) is 5.30. The van der Waals surface area contributed by atoms with Crippen molar-refractivity contribution in [2.24, 2.45) is 0 Å². The lowest BCUT2D eigenvalue weighted by Crippen LogP contribution is -2.47. The summed E-state index contributed by atoms with van der Waals surface area (Å²) in [7, 11) is 0. The summed E-state index contributed by atoms with van der Waals surface area (Å²) < 4.78 is 55.4. The average molecular weight is 565 g/mol. The molecule has 0 radical (unpaired) electrons. The highest BCUT2D eigenvalue weighted by Crippen LogP contribution is 2.43. The first-order valence-electron chi connectivity index (χ1n) is 12.6. The van der Waals surface area contributed by atoms with Crippen LogP contribution in [0.1, 0.15) is 28.8 Å². The first kappa shape index (κ1) is 27.6. The maximum absolute atomic E-state index is 14.1. The maximum Gasteiger partial charge on any atom is 0.416 e. The number of carbonyl (C=O) groups is 3. The van der Waals surface area contributed by atoms with Crippen molar-refractivity contribution < 1.29 is 31.9 Å². The Kier molecular flexibility index (Phi) is 7.36. The van der Waals surface area contributed by atoms with Gasteiger partial charge in [0.2, 0.25) is 0 Å². The molecule has 2 aliphatic rings. The maximum atomic E-state index is 14.1. The van der Waals surface area contributed by atoms with Crippen LogP contribution in [0.5, 0.6) is 0 Å². The van der Waals surface area contributed by atoms with Crippen molar-refractivity contribution in [2.75, 3.05) is 18.4 Å². The number of anilines is 1. The largest absolute Gasteiger partial charge is 0.416 e. The number of carbonyl (C=O) groups excluding carboxylic acids is 3. The molecule has 11 heteroatoms. The van der Waals surface area contributed by atoms with Crippen LogP contribution in [-0.4, -0.2) is 40.7 Å². The molecule has 41 heavy (non-hydrogen) atoms. The van der Waals surface area contributed by atoms with Crippen LogP contribution in [-0.2, 0) is 15.8 Å². The predicted octanol–water partition coefficient (Wildman–Crippen LogP) is 5.57. The van der Waals surface area contributed by atoms with Crippen molar-refractivity contribution in [3.63, 3.8) is 0 Å². The summed E-state index contributed by atoms with van der Waals surface area (Å²) in [4.78, 5) is 43.4. The number of urea groups is 1. The Labute approximate surface area is 232 Å². The van der Waals surface area contributed by atoms with Gasteiger partial charge in [-0.1, -0.05) is 54.6 Å². The van der Waals surface area contributed by atoms with Crippen LogP contribution in [0.3, 0.4) is 0 Å². The van der Waals surface area contributed by atoms with Crippen molar-refractivity contribution in [1.29, 1.82) is 0 Å². The van der Waals surface area contributed by atoms with Gasteiger partial charge in [-0.25, -0.2) is 9.18 Å². The van der Waals surface area contributed by atoms with Crippen molar-refractivity contribution in [2.45, 2.75) is 18.3 Å². The van der Waals surface area contributed by atoms with Crippen LogP contribution in [0.25, 0.3) is 0 Å². The summed E-state index contributed by atoms with van der Waals surface area (Å²) in [6, 6.07) is 14.8. The van der Waals surface area contributed by atoms with Gasteiger partial charge in [0.25, 0.3) is 11.8 Å². The lowest BCUT2D eigenvalue weighted by molar-refractivity contribution is -0.138. The third-order valence-electron chi connectivity index (χ3n) is 6.93. The molecule has 5 rings (SSSR count). The molecule has 3 aromatic carbocycles. The zero-order valence-corrected chi connectivity index (χ0v) is 21.5. The predicted molar refractivity (Wildman–Crippen MR) is 143 cm³/mol. The fourth-order valence-corrected chi connectivity index (χ4v) is 5.14. The van der Waals surface area contributed by atoms with Crippen LogP contribution in [0.2, 0.25) is 0 Å². The van der Waals surface area contributed by atoms with Crippen LogP contribution in [0.15, 0.2) is 103 Å². The molecule has 2 aliphatic heterocycles. The van der Waals surface area contributed by atoms with E-state index >= 15 is 0 Å². The summed E-state index contributed by atoms with van der Waals surface area (Å²) in [5, 5.41) is 5.24. The van der Waals surface area contributed by atoms with E-state index in [-0.39, 0.29) is 35.6 Å². The molecular formula is C30H24F4N4O3. The van der Waals surface area contributed by atoms with E-state index in [1.807, 2.05) is 0 Å². The van der Waals surface area contributed by atoms with E-state index < -0.39 is 47.5 Å². The van der Waals surface area contributed by atoms with Gasteiger partial charge in [-0.3, -0.25) is 14.5 Å². The molecule has 2 N–H and O–H groups in total. The van der Waals surface area contributed by atoms with Gasteiger partial charge < -0.3 is 15.5 Å². The molecule has 4 amide bonds. The smallest absolute Gasteiger partial charge is 0.326 e. The number of benzene rings is 3. The summed E-state index contributed by atoms with van der Waals surface area (Å²) >= 11 is 0. The fraction of sp³-hybridized carbons (Fsp3) is 0.167. The Morgan fingerprint density at radius 2 is 1.68 bits per heavy atom. The van der Waals surface area contributed by atoms with Gasteiger partial charge in [0.1, 0.15) is 11.9 Å². The topological polar surface area (TPSA) is 81.8 Å². The molecule has 0 bridgehead atoms. The molecule has 210 valence electrons. The average Bonchev–Trinajstić information content (AvgIpc) is 3.28. The molecule has 0 unspecified atom stereocenters. The van der Waals surface area contributed by atoms with Gasteiger partial charge in [-0.15, -0.1) is 6.58 Å². The summed E-state index contributed by atoms with van der Waals surface area (Å²) in [6.45, 7) is 3.40. The highest BCUT2D eigenvalue weighted by Gasteiger charge is 2.49. The molecule has 3 aromatic rings. The van der Waals surface area contributed by atoms with E-state index in [1.54, 1.807) is 30.3 Å². The first-order chi connectivity index (χ1) is 19.6. The highest BCUT2D eigenvalue weighted by molar-refractivity contribution is 6.05. The van der Waals surface area contributed by atoms with E-state index in [4.69, 9.17) is 0 Å². The van der Waals surface area contributed by atoms with Crippen molar-refractivity contribution in [3.8, 4) is 0 Å². The molecule has 0 aromatic heterocycles. The van der Waals surface area contributed by atoms with E-state index in [2.05, 4.69) is 17.2 Å². The monoisotopic (exact) mass is 564 g/mol. The Morgan fingerprint density at radius 1 is 1.02 bits per heavy atom. The molecule has 0 saturated heterocycles. The summed E-state index contributed by atoms with van der Waals surface area (Å²) in [5.74, 6) is -1.84. The van der Waals surface area contributed by atoms with E-state index in [9.17, 15) is 31.9 Å². The second-order valence-corrected chi connectivity index (χ2v) is 9.47. The number of halogens is 4. The number of nitrogens with one attached hydrogen (secondary N) is 2. The SMILES string of the molecule is C=CCN1C(=O)N[C@@H](c2ccccc2C(F)(F)F)C2=C1CN([C@@H](C(=O)Nc1ccc(F)cc1)c1ccccc1)C2=O. The van der Waals surface area contributed by atoms with Crippen LogP contribution < -0.4 is 10.6 Å². The van der Waals surface area contributed by atoms with Gasteiger partial charge in [-0.05, 0) is 41.5 Å². The van der Waals surface area contributed by atoms with E-state index in [1.165, 1.54) is 58.3 Å². The number of rotatable bonds is 7. The molecule has 0 spiro atoms. The summed E-state index contributed by atoms with van der Waals surface area (Å²) in [6.07, 6.45) is -3.32. The normalized spacial score (nSPS) is 17.7. The molecule has 7 nitrogen and oxygen atoms in total. The van der Waals surface area contributed by atoms with Crippen molar-refractivity contribution in [3.05, 3.63) is 125 Å². The molecule has 2 atom stereocenters. The van der Waals surface area contributed by atoms with Crippen molar-refractivity contribution >= 4 is 23.5 Å². The van der Waals surface area contributed by atoms with Gasteiger partial charge in [-0.2, -0.15) is 13.2 Å². The second kappa shape index (κ2) is 10.9. The Morgan fingerprint density at radius 3 is 2.34 bits per heavy atom. The molecule has 0 fully saturated rings. The quantitative estimate of drug-likeness (QED) is 0.291. The van der Waals surface area contributed by atoms with Crippen LogP contribution in [0, 0.1) is 5.82 Å². The lowest BCUT2D eigenvalue weighted by Gasteiger charge is -2.33. The zero-order chi connectivity index (χ0) is 29.3. The lowest BCUT2D eigenvalue weighted by atomic mass is 9.91. The number of amides is 4. The molecular weight excluding hydrogens is 540 g/mol. The van der Waals surface area contributed by atoms with E-state index in [0.29, 0.717) is 5.56 Å². The summed E-state index contributed by atoms with van der Waals surface area (Å²) in [5.41, 5.74) is -0.462. The fourth-order valence-electron chi connectivity index (χ4n) is 5.14. The first-order valence-corrected chi connectivity index (χ1v) is 12.6. The molecule has 0 aliphatic carbocycles. The van der Waals surface area contributed by atoms with Crippen LogP contribution >= 0.6 is 0 Å². The Hall–Kier alpha value is -4.93. The van der Waals surface area contributed by atoms with E-state index in [0.717, 1.165) is 6.07 Å². The number of nitrogens with zero attached hydrogens (tertiary/aromatic N) is 2. The Balaban J connectivity index is 1.59. The Bertz CT molecular complexity index is 1540. The van der Waals surface area contributed by atoms with Gasteiger partial charge in [0.05, 0.1) is 29.4 Å². The van der Waals surface area contributed by atoms with Gasteiger partial charge >= 0.3 is 12.2 Å². The second-order valence-electron chi connectivity index (χ2n) is 9.47. The molecule has 2 heterocycles. The minimum absolute atomic E-state index is 0.0167. The number of alkyl halides is 3. The van der Waals surface area contributed by atoms with Crippen molar-refractivity contribution in [1.82, 2.24) is 15.1 Å². The van der Waals surface area contributed by atoms with Gasteiger partial charge in [0.15, 0.2) is 0 Å². The standard InChI is InChI=1S/C30H24F4N4O3/c1-2-16-37-23-17-38(26(18-8-4-3-5-9-18)27(39)35-20-14-12-19(31)13-15-20)28(40)24(23)25(36-29(37)41)21-10-6-7-11-22(21)30(32,33)34/h2-15,25-26H,1,16-17H2,(H,35,39)(H,36,41)/t25-,26+/m0/s1. The zero-order valence-electron chi connectivity index (χ0n) is 21.5. The van der Waals surface area contributed by atoms with Crippen LogP contribution in [0.4, 0.5) is 28.0 Å². The third-order valence-corrected chi connectivity index (χ3v) is 6.93.